The van der Waals surface area contributed by atoms with Crippen molar-refractivity contribution in [2.45, 2.75) is 46.1 Å². The minimum Gasteiger partial charge on any atom is -0.511 e. The van der Waals surface area contributed by atoms with Crippen LogP contribution in [0.4, 0.5) is 0 Å². The monoisotopic (exact) mass is 315 g/mol. The summed E-state index contributed by atoms with van der Waals surface area (Å²) in [6.07, 6.45) is 1.48. The number of carbonyl (C=O) groups is 1. The van der Waals surface area contributed by atoms with Gasteiger partial charge in [0.05, 0.1) is 18.2 Å². The highest BCUT2D eigenvalue weighted by atomic mass is 16.3. The highest BCUT2D eigenvalue weighted by Crippen LogP contribution is 2.36. The molecule has 4 nitrogen and oxygen atoms in total. The Hall–Kier alpha value is -1.94. The van der Waals surface area contributed by atoms with Crippen LogP contribution >= 0.6 is 0 Å². The van der Waals surface area contributed by atoms with Gasteiger partial charge in [-0.25, -0.2) is 0 Å². The molecule has 0 radical (unpaired) electrons. The number of aliphatic hydroxyl groups is 2. The summed E-state index contributed by atoms with van der Waals surface area (Å²) >= 11 is 0. The number of allylic oxidation sites excluding steroid dienone is 2. The molecule has 4 heteroatoms. The summed E-state index contributed by atoms with van der Waals surface area (Å²) < 4.78 is 0. The third-order valence-corrected chi connectivity index (χ3v) is 4.12. The van der Waals surface area contributed by atoms with Crippen molar-refractivity contribution >= 4 is 11.5 Å². The average molecular weight is 315 g/mol. The molecule has 0 heterocycles. The van der Waals surface area contributed by atoms with E-state index in [0.29, 0.717) is 30.5 Å². The van der Waals surface area contributed by atoms with Gasteiger partial charge in [0.1, 0.15) is 5.76 Å². The van der Waals surface area contributed by atoms with E-state index in [0.717, 1.165) is 5.56 Å². The molecule has 1 aliphatic rings. The fraction of sp³-hybridized carbons (Fsp3) is 0.474. The van der Waals surface area contributed by atoms with Gasteiger partial charge in [0.15, 0.2) is 5.78 Å². The van der Waals surface area contributed by atoms with E-state index in [4.69, 9.17) is 0 Å². The Bertz CT molecular complexity index is 629. The third-order valence-electron chi connectivity index (χ3n) is 4.12. The number of benzene rings is 1. The van der Waals surface area contributed by atoms with Crippen molar-refractivity contribution in [3.8, 4) is 0 Å². The van der Waals surface area contributed by atoms with Crippen LogP contribution in [0.15, 0.2) is 46.7 Å². The number of hydrogen-bond acceptors (Lipinski definition) is 4. The van der Waals surface area contributed by atoms with Crippen molar-refractivity contribution in [2.75, 3.05) is 6.61 Å². The van der Waals surface area contributed by atoms with Crippen LogP contribution in [0.3, 0.4) is 0 Å². The van der Waals surface area contributed by atoms with Crippen LogP contribution in [0.2, 0.25) is 0 Å². The second kappa shape index (κ2) is 7.09. The summed E-state index contributed by atoms with van der Waals surface area (Å²) in [4.78, 5) is 16.8. The maximum Gasteiger partial charge on any atom is 0.168 e. The summed E-state index contributed by atoms with van der Waals surface area (Å²) in [5.74, 6) is 0.0419. The Morgan fingerprint density at radius 1 is 1.26 bits per heavy atom. The molecular formula is C19H25NO3. The van der Waals surface area contributed by atoms with Gasteiger partial charge in [-0.05, 0) is 24.3 Å². The van der Waals surface area contributed by atoms with Crippen LogP contribution in [-0.2, 0) is 11.2 Å². The van der Waals surface area contributed by atoms with E-state index < -0.39 is 0 Å². The molecule has 0 fully saturated rings. The zero-order valence-electron chi connectivity index (χ0n) is 14.0. The second-order valence-corrected chi connectivity index (χ2v) is 7.00. The maximum absolute atomic E-state index is 12.3. The zero-order valence-corrected chi connectivity index (χ0v) is 14.0. The summed E-state index contributed by atoms with van der Waals surface area (Å²) in [6.45, 7) is 5.57. The minimum absolute atomic E-state index is 0.0728. The molecule has 0 spiro atoms. The molecule has 2 N–H and O–H groups in total. The maximum atomic E-state index is 12.3. The Kier molecular flexibility index (Phi) is 5.37. The first kappa shape index (κ1) is 17.4. The predicted molar refractivity (Wildman–Crippen MR) is 91.8 cm³/mol. The topological polar surface area (TPSA) is 69.9 Å². The van der Waals surface area contributed by atoms with Gasteiger partial charge >= 0.3 is 0 Å². The van der Waals surface area contributed by atoms with Crippen molar-refractivity contribution < 1.29 is 15.0 Å². The van der Waals surface area contributed by atoms with E-state index in [9.17, 15) is 15.0 Å². The first-order chi connectivity index (χ1) is 10.8. The number of hydrogen-bond donors (Lipinski definition) is 2. The van der Waals surface area contributed by atoms with Gasteiger partial charge in [0.2, 0.25) is 0 Å². The van der Waals surface area contributed by atoms with Gasteiger partial charge in [-0.2, -0.15) is 0 Å². The van der Waals surface area contributed by atoms with Gasteiger partial charge in [-0.3, -0.25) is 9.79 Å². The molecule has 0 bridgehead atoms. The summed E-state index contributed by atoms with van der Waals surface area (Å²) in [5.41, 5.74) is 1.71. The highest BCUT2D eigenvalue weighted by molar-refractivity contribution is 6.22. The lowest BCUT2D eigenvalue weighted by atomic mass is 9.75. The number of nitrogens with zero attached hydrogens (tertiary/aromatic N) is 1. The lowest BCUT2D eigenvalue weighted by Gasteiger charge is -2.29. The van der Waals surface area contributed by atoms with E-state index in [-0.39, 0.29) is 29.6 Å². The second-order valence-electron chi connectivity index (χ2n) is 7.00. The molecule has 0 unspecified atom stereocenters. The van der Waals surface area contributed by atoms with Crippen molar-refractivity contribution in [2.24, 2.45) is 10.4 Å². The number of aliphatic imine (C=N–C) groups is 1. The first-order valence-electron chi connectivity index (χ1n) is 7.97. The molecule has 0 aromatic heterocycles. The fourth-order valence-electron chi connectivity index (χ4n) is 3.07. The summed E-state index contributed by atoms with van der Waals surface area (Å²) in [6, 6.07) is 9.48. The van der Waals surface area contributed by atoms with Crippen molar-refractivity contribution in [1.29, 1.82) is 0 Å². The fourth-order valence-corrected chi connectivity index (χ4v) is 3.07. The first-order valence-corrected chi connectivity index (χ1v) is 7.97. The van der Waals surface area contributed by atoms with Crippen molar-refractivity contribution in [1.82, 2.24) is 0 Å². The van der Waals surface area contributed by atoms with E-state index in [1.807, 2.05) is 44.2 Å². The number of ketones is 1. The molecule has 23 heavy (non-hydrogen) atoms. The molecule has 124 valence electrons. The number of Topliss-reactive ketones (excluding diaryl/α,β-unsaturated/α-hetero) is 1. The van der Waals surface area contributed by atoms with Gasteiger partial charge in [0, 0.05) is 18.6 Å². The van der Waals surface area contributed by atoms with Crippen LogP contribution in [-0.4, -0.2) is 34.4 Å². The molecule has 1 aromatic carbocycles. The molecule has 0 amide bonds. The minimum atomic E-state index is -0.319. The van der Waals surface area contributed by atoms with Gasteiger partial charge in [0.25, 0.3) is 0 Å². The molecule has 2 rings (SSSR count). The van der Waals surface area contributed by atoms with E-state index >= 15 is 0 Å². The molecule has 0 saturated carbocycles. The lowest BCUT2D eigenvalue weighted by molar-refractivity contribution is -0.117. The number of rotatable bonds is 5. The predicted octanol–water partition coefficient (Wildman–Crippen LogP) is 3.25. The quantitative estimate of drug-likeness (QED) is 0.819. The van der Waals surface area contributed by atoms with E-state index in [1.165, 1.54) is 0 Å². The Labute approximate surface area is 137 Å². The molecule has 1 aromatic rings. The van der Waals surface area contributed by atoms with E-state index in [1.54, 1.807) is 6.92 Å². The normalized spacial score (nSPS) is 19.8. The Balaban J connectivity index is 2.21. The van der Waals surface area contributed by atoms with Crippen LogP contribution in [0.25, 0.3) is 0 Å². The number of aliphatic hydroxyl groups excluding tert-OH is 2. The van der Waals surface area contributed by atoms with Crippen molar-refractivity contribution in [3.63, 3.8) is 0 Å². The largest absolute Gasteiger partial charge is 0.511 e. The molecule has 0 saturated heterocycles. The Morgan fingerprint density at radius 3 is 2.48 bits per heavy atom. The van der Waals surface area contributed by atoms with Gasteiger partial charge < -0.3 is 10.2 Å². The summed E-state index contributed by atoms with van der Waals surface area (Å²) in [5, 5.41) is 19.8. The van der Waals surface area contributed by atoms with Crippen LogP contribution in [0.5, 0.6) is 0 Å². The highest BCUT2D eigenvalue weighted by Gasteiger charge is 2.34. The molecule has 1 atom stereocenters. The Morgan fingerprint density at radius 2 is 1.91 bits per heavy atom. The van der Waals surface area contributed by atoms with Crippen molar-refractivity contribution in [3.05, 3.63) is 47.2 Å². The van der Waals surface area contributed by atoms with Gasteiger partial charge in [-0.1, -0.05) is 44.2 Å². The van der Waals surface area contributed by atoms with Gasteiger partial charge in [-0.15, -0.1) is 0 Å². The zero-order chi connectivity index (χ0) is 17.0. The lowest BCUT2D eigenvalue weighted by Crippen LogP contribution is -2.29. The third kappa shape index (κ3) is 4.52. The molecular weight excluding hydrogens is 290 g/mol. The molecule has 1 aliphatic carbocycles. The molecule has 0 aliphatic heterocycles. The number of carbonyl (C=O) groups excluding carboxylic acids is 1. The van der Waals surface area contributed by atoms with E-state index in [2.05, 4.69) is 4.99 Å². The average Bonchev–Trinajstić information content (AvgIpc) is 2.45. The standard InChI is InChI=1S/C19H25NO3/c1-13(18-16(22)10-19(2,3)11-17(18)23)20-15(12-21)9-14-7-5-4-6-8-14/h4-8,15,21-22H,9-12H2,1-3H3/t15-/m0/s1. The van der Waals surface area contributed by atoms with Crippen LogP contribution in [0.1, 0.15) is 39.2 Å². The van der Waals surface area contributed by atoms with Crippen LogP contribution < -0.4 is 0 Å². The van der Waals surface area contributed by atoms with Crippen LogP contribution in [0, 0.1) is 5.41 Å². The SMILES string of the molecule is CC(=N[C@H](CO)Cc1ccccc1)C1=C(O)CC(C)(C)CC1=O. The summed E-state index contributed by atoms with van der Waals surface area (Å²) in [7, 11) is 0. The smallest absolute Gasteiger partial charge is 0.168 e.